The van der Waals surface area contributed by atoms with Gasteiger partial charge in [-0.2, -0.15) is 11.3 Å². The minimum Gasteiger partial charge on any atom is -0.494 e. The van der Waals surface area contributed by atoms with Gasteiger partial charge in [0.2, 0.25) is 0 Å². The van der Waals surface area contributed by atoms with Crippen LogP contribution in [0.25, 0.3) is 0 Å². The number of benzene rings is 1. The van der Waals surface area contributed by atoms with E-state index in [0.29, 0.717) is 6.54 Å². The molecule has 0 spiro atoms. The molecule has 0 fully saturated rings. The summed E-state index contributed by atoms with van der Waals surface area (Å²) in [7, 11) is 2.12. The second-order valence-corrected chi connectivity index (χ2v) is 6.00. The normalized spacial score (nSPS) is 12.6. The molecule has 0 saturated heterocycles. The number of nitrogens with two attached hydrogens (primary N) is 1. The molecule has 1 aromatic carbocycles. The minimum absolute atomic E-state index is 0.204. The third-order valence-corrected chi connectivity index (χ3v) is 4.22. The van der Waals surface area contributed by atoms with Crippen LogP contribution in [0.15, 0.2) is 41.1 Å². The molecule has 0 saturated carbocycles. The van der Waals surface area contributed by atoms with Gasteiger partial charge in [-0.3, -0.25) is 4.90 Å². The number of hydrogen-bond donors (Lipinski definition) is 1. The lowest BCUT2D eigenvalue weighted by molar-refractivity contribution is 0.241. The first kappa shape index (κ1) is 16.0. The summed E-state index contributed by atoms with van der Waals surface area (Å²) in [5.41, 5.74) is 8.55. The maximum absolute atomic E-state index is 6.00. The highest BCUT2D eigenvalue weighted by molar-refractivity contribution is 7.07. The molecule has 2 aromatic rings. The molecule has 0 radical (unpaired) electrons. The van der Waals surface area contributed by atoms with Gasteiger partial charge in [-0.15, -0.1) is 0 Å². The number of nitrogens with zero attached hydrogens (tertiary/aromatic N) is 1. The highest BCUT2D eigenvalue weighted by atomic mass is 32.1. The van der Waals surface area contributed by atoms with Gasteiger partial charge in [0.05, 0.1) is 6.61 Å². The second kappa shape index (κ2) is 8.17. The summed E-state index contributed by atoms with van der Waals surface area (Å²) in [5, 5.41) is 4.30. The first-order valence-electron chi connectivity index (χ1n) is 7.38. The molecule has 21 heavy (non-hydrogen) atoms. The molecule has 2 N–H and O–H groups in total. The molecule has 1 atom stereocenters. The first-order valence-corrected chi connectivity index (χ1v) is 8.33. The van der Waals surface area contributed by atoms with E-state index in [0.717, 1.165) is 25.3 Å². The average Bonchev–Trinajstić information content (AvgIpc) is 2.99. The monoisotopic (exact) mass is 304 g/mol. The van der Waals surface area contributed by atoms with Crippen LogP contribution in [0.2, 0.25) is 0 Å². The molecule has 0 aliphatic carbocycles. The standard InChI is InChI=1S/C17H24N2OS/c1-3-8-20-16-6-4-5-15(10-16)17(11-18)19(2)12-14-7-9-21-13-14/h4-7,9-10,13,17H,3,8,11-12,18H2,1-2H3. The molecular weight excluding hydrogens is 280 g/mol. The van der Waals surface area contributed by atoms with Crippen molar-refractivity contribution in [3.63, 3.8) is 0 Å². The molecule has 2 rings (SSSR count). The lowest BCUT2D eigenvalue weighted by atomic mass is 10.0. The molecule has 4 heteroatoms. The Labute approximate surface area is 131 Å². The van der Waals surface area contributed by atoms with E-state index in [1.165, 1.54) is 11.1 Å². The molecule has 0 amide bonds. The van der Waals surface area contributed by atoms with Crippen LogP contribution in [-0.4, -0.2) is 25.1 Å². The van der Waals surface area contributed by atoms with E-state index in [1.54, 1.807) is 11.3 Å². The molecule has 1 aromatic heterocycles. The van der Waals surface area contributed by atoms with Crippen molar-refractivity contribution in [3.05, 3.63) is 52.2 Å². The zero-order valence-corrected chi connectivity index (χ0v) is 13.6. The fraction of sp³-hybridized carbons (Fsp3) is 0.412. The van der Waals surface area contributed by atoms with Crippen LogP contribution in [-0.2, 0) is 6.54 Å². The molecule has 0 bridgehead atoms. The van der Waals surface area contributed by atoms with Gasteiger partial charge in [-0.25, -0.2) is 0 Å². The van der Waals surface area contributed by atoms with Gasteiger partial charge in [0, 0.05) is 19.1 Å². The molecule has 0 aliphatic heterocycles. The van der Waals surface area contributed by atoms with Gasteiger partial charge < -0.3 is 10.5 Å². The molecule has 114 valence electrons. The summed E-state index contributed by atoms with van der Waals surface area (Å²) >= 11 is 1.73. The lowest BCUT2D eigenvalue weighted by Gasteiger charge is -2.27. The van der Waals surface area contributed by atoms with Gasteiger partial charge in [0.25, 0.3) is 0 Å². The fourth-order valence-electron chi connectivity index (χ4n) is 2.38. The SMILES string of the molecule is CCCOc1cccc(C(CN)N(C)Cc2ccsc2)c1. The molecule has 1 unspecified atom stereocenters. The molecule has 1 heterocycles. The Morgan fingerprint density at radius 3 is 2.86 bits per heavy atom. The van der Waals surface area contributed by atoms with Crippen molar-refractivity contribution in [3.8, 4) is 5.75 Å². The van der Waals surface area contributed by atoms with Crippen LogP contribution >= 0.6 is 11.3 Å². The maximum atomic E-state index is 6.00. The summed E-state index contributed by atoms with van der Waals surface area (Å²) in [4.78, 5) is 2.29. The Kier molecular flexibility index (Phi) is 6.23. The van der Waals surface area contributed by atoms with Crippen molar-refractivity contribution < 1.29 is 4.74 Å². The van der Waals surface area contributed by atoms with Crippen LogP contribution in [0.1, 0.15) is 30.5 Å². The van der Waals surface area contributed by atoms with Crippen LogP contribution in [0, 0.1) is 0 Å². The van der Waals surface area contributed by atoms with Crippen molar-refractivity contribution in [2.24, 2.45) is 5.73 Å². The third-order valence-electron chi connectivity index (χ3n) is 3.48. The van der Waals surface area contributed by atoms with Gasteiger partial charge in [-0.1, -0.05) is 19.1 Å². The van der Waals surface area contributed by atoms with E-state index >= 15 is 0 Å². The topological polar surface area (TPSA) is 38.5 Å². The Morgan fingerprint density at radius 2 is 2.19 bits per heavy atom. The quantitative estimate of drug-likeness (QED) is 0.808. The van der Waals surface area contributed by atoms with Gasteiger partial charge in [0.1, 0.15) is 5.75 Å². The zero-order chi connectivity index (χ0) is 15.1. The minimum atomic E-state index is 0.204. The van der Waals surface area contributed by atoms with Crippen molar-refractivity contribution in [2.45, 2.75) is 25.9 Å². The average molecular weight is 304 g/mol. The predicted molar refractivity (Wildman–Crippen MR) is 89.8 cm³/mol. The summed E-state index contributed by atoms with van der Waals surface area (Å²) in [6.45, 7) is 4.37. The Morgan fingerprint density at radius 1 is 1.33 bits per heavy atom. The van der Waals surface area contributed by atoms with Crippen molar-refractivity contribution in [1.29, 1.82) is 0 Å². The van der Waals surface area contributed by atoms with E-state index in [1.807, 2.05) is 12.1 Å². The first-order chi connectivity index (χ1) is 10.2. The predicted octanol–water partition coefficient (Wildman–Crippen LogP) is 3.67. The number of hydrogen-bond acceptors (Lipinski definition) is 4. The Balaban J connectivity index is 2.08. The second-order valence-electron chi connectivity index (χ2n) is 5.22. The van der Waals surface area contributed by atoms with Crippen molar-refractivity contribution >= 4 is 11.3 Å². The van der Waals surface area contributed by atoms with Crippen LogP contribution in [0.5, 0.6) is 5.75 Å². The maximum Gasteiger partial charge on any atom is 0.119 e. The molecular formula is C17H24N2OS. The van der Waals surface area contributed by atoms with E-state index in [4.69, 9.17) is 10.5 Å². The number of rotatable bonds is 8. The van der Waals surface area contributed by atoms with Crippen LogP contribution in [0.3, 0.4) is 0 Å². The van der Waals surface area contributed by atoms with E-state index < -0.39 is 0 Å². The third kappa shape index (κ3) is 4.56. The van der Waals surface area contributed by atoms with Gasteiger partial charge >= 0.3 is 0 Å². The highest BCUT2D eigenvalue weighted by Gasteiger charge is 2.16. The molecule has 3 nitrogen and oxygen atoms in total. The van der Waals surface area contributed by atoms with E-state index in [2.05, 4.69) is 47.8 Å². The summed E-state index contributed by atoms with van der Waals surface area (Å²) in [6, 6.07) is 10.6. The van der Waals surface area contributed by atoms with Crippen molar-refractivity contribution in [2.75, 3.05) is 20.2 Å². The summed E-state index contributed by atoms with van der Waals surface area (Å²) < 4.78 is 5.72. The summed E-state index contributed by atoms with van der Waals surface area (Å²) in [6.07, 6.45) is 1.02. The lowest BCUT2D eigenvalue weighted by Crippen LogP contribution is -2.30. The summed E-state index contributed by atoms with van der Waals surface area (Å²) in [5.74, 6) is 0.928. The van der Waals surface area contributed by atoms with Crippen LogP contribution in [0.4, 0.5) is 0 Å². The van der Waals surface area contributed by atoms with E-state index in [9.17, 15) is 0 Å². The van der Waals surface area contributed by atoms with Gasteiger partial charge in [-0.05, 0) is 53.6 Å². The van der Waals surface area contributed by atoms with Crippen LogP contribution < -0.4 is 10.5 Å². The Hall–Kier alpha value is -1.36. The number of thiophene rings is 1. The number of ether oxygens (including phenoxy) is 1. The Bertz CT molecular complexity index is 527. The van der Waals surface area contributed by atoms with Gasteiger partial charge in [0.15, 0.2) is 0 Å². The van der Waals surface area contributed by atoms with E-state index in [-0.39, 0.29) is 6.04 Å². The largest absolute Gasteiger partial charge is 0.494 e. The molecule has 0 aliphatic rings. The fourth-order valence-corrected chi connectivity index (χ4v) is 3.04. The number of likely N-dealkylation sites (N-methyl/N-ethyl adjacent to an activating group) is 1. The smallest absolute Gasteiger partial charge is 0.119 e. The van der Waals surface area contributed by atoms with Crippen molar-refractivity contribution in [1.82, 2.24) is 4.90 Å². The highest BCUT2D eigenvalue weighted by Crippen LogP contribution is 2.24. The zero-order valence-electron chi connectivity index (χ0n) is 12.8.